The molecule has 4 heteroatoms. The molecule has 0 amide bonds. The molecular formula is C12H17ClO3. The number of hydrogen-bond donors (Lipinski definition) is 0. The lowest BCUT2D eigenvalue weighted by molar-refractivity contribution is 0.108. The first-order valence-electron chi connectivity index (χ1n) is 5.25. The third-order valence-corrected chi connectivity index (χ3v) is 2.39. The molecule has 0 fully saturated rings. The van der Waals surface area contributed by atoms with Crippen molar-refractivity contribution in [2.75, 3.05) is 26.9 Å². The summed E-state index contributed by atoms with van der Waals surface area (Å²) < 4.78 is 16.0. The molecule has 0 aromatic heterocycles. The Kier molecular flexibility index (Phi) is 6.04. The van der Waals surface area contributed by atoms with Gasteiger partial charge in [-0.25, -0.2) is 0 Å². The fourth-order valence-electron chi connectivity index (χ4n) is 1.34. The summed E-state index contributed by atoms with van der Waals surface area (Å²) in [5.41, 5.74) is 0.928. The average molecular weight is 245 g/mol. The van der Waals surface area contributed by atoms with E-state index in [1.54, 1.807) is 7.11 Å². The molecule has 0 aliphatic carbocycles. The van der Waals surface area contributed by atoms with Gasteiger partial charge in [0.2, 0.25) is 0 Å². The Labute approximate surface area is 101 Å². The number of para-hydroxylation sites is 1. The largest absolute Gasteiger partial charge is 0.493 e. The minimum Gasteiger partial charge on any atom is -0.493 e. The Bertz CT molecular complexity index is 293. The summed E-state index contributed by atoms with van der Waals surface area (Å²) in [4.78, 5) is 0. The molecule has 3 nitrogen and oxygen atoms in total. The molecule has 0 saturated heterocycles. The fourth-order valence-corrected chi connectivity index (χ4v) is 1.55. The summed E-state index contributed by atoms with van der Waals surface area (Å²) in [6.45, 7) is 3.71. The van der Waals surface area contributed by atoms with Crippen molar-refractivity contribution in [3.8, 4) is 11.5 Å². The van der Waals surface area contributed by atoms with Gasteiger partial charge in [-0.15, -0.1) is 11.6 Å². The van der Waals surface area contributed by atoms with Gasteiger partial charge in [-0.05, 0) is 13.0 Å². The first-order chi connectivity index (χ1) is 7.83. The third kappa shape index (κ3) is 3.58. The Balaban J connectivity index is 2.67. The quantitative estimate of drug-likeness (QED) is 0.545. The van der Waals surface area contributed by atoms with Gasteiger partial charge in [-0.2, -0.15) is 0 Å². The van der Waals surface area contributed by atoms with Crippen molar-refractivity contribution in [2.24, 2.45) is 0 Å². The minimum atomic E-state index is 0.404. The van der Waals surface area contributed by atoms with E-state index in [0.717, 1.165) is 5.56 Å². The summed E-state index contributed by atoms with van der Waals surface area (Å²) in [7, 11) is 1.61. The van der Waals surface area contributed by atoms with Crippen LogP contribution in [0.25, 0.3) is 0 Å². The number of ether oxygens (including phenoxy) is 3. The Hall–Kier alpha value is -0.930. The number of alkyl halides is 1. The predicted molar refractivity (Wildman–Crippen MR) is 64.5 cm³/mol. The number of hydrogen-bond acceptors (Lipinski definition) is 3. The highest BCUT2D eigenvalue weighted by Gasteiger charge is 2.09. The molecular weight excluding hydrogens is 228 g/mol. The molecule has 0 saturated carbocycles. The normalized spacial score (nSPS) is 10.2. The van der Waals surface area contributed by atoms with Gasteiger partial charge in [0.15, 0.2) is 11.5 Å². The van der Waals surface area contributed by atoms with Crippen molar-refractivity contribution < 1.29 is 14.2 Å². The molecule has 0 aliphatic heterocycles. The lowest BCUT2D eigenvalue weighted by atomic mass is 10.2. The van der Waals surface area contributed by atoms with Crippen LogP contribution in [0.1, 0.15) is 12.5 Å². The van der Waals surface area contributed by atoms with E-state index in [1.165, 1.54) is 0 Å². The summed E-state index contributed by atoms with van der Waals surface area (Å²) in [6.07, 6.45) is 0. The van der Waals surface area contributed by atoms with Crippen LogP contribution < -0.4 is 9.47 Å². The second-order valence-electron chi connectivity index (χ2n) is 3.13. The highest BCUT2D eigenvalue weighted by molar-refractivity contribution is 6.17. The molecule has 0 heterocycles. The van der Waals surface area contributed by atoms with E-state index in [0.29, 0.717) is 37.2 Å². The number of methoxy groups -OCH3 is 1. The van der Waals surface area contributed by atoms with Crippen molar-refractivity contribution in [1.82, 2.24) is 0 Å². The summed E-state index contributed by atoms with van der Waals surface area (Å²) in [5.74, 6) is 1.82. The van der Waals surface area contributed by atoms with Crippen LogP contribution >= 0.6 is 11.6 Å². The number of halogens is 1. The van der Waals surface area contributed by atoms with Crippen LogP contribution in [0, 0.1) is 0 Å². The van der Waals surface area contributed by atoms with Gasteiger partial charge in [0.25, 0.3) is 0 Å². The van der Waals surface area contributed by atoms with Crippen LogP contribution in [0.5, 0.6) is 11.5 Å². The van der Waals surface area contributed by atoms with Gasteiger partial charge in [-0.3, -0.25) is 0 Å². The van der Waals surface area contributed by atoms with E-state index in [9.17, 15) is 0 Å². The van der Waals surface area contributed by atoms with Crippen molar-refractivity contribution in [3.05, 3.63) is 23.8 Å². The predicted octanol–water partition coefficient (Wildman–Crippen LogP) is 2.85. The molecule has 90 valence electrons. The van der Waals surface area contributed by atoms with Crippen molar-refractivity contribution in [2.45, 2.75) is 12.8 Å². The topological polar surface area (TPSA) is 27.7 Å². The highest BCUT2D eigenvalue weighted by Crippen LogP contribution is 2.31. The molecule has 0 radical (unpaired) electrons. The molecule has 0 unspecified atom stereocenters. The Morgan fingerprint density at radius 3 is 2.69 bits per heavy atom. The SMILES string of the molecule is CCOCCOc1c(CCl)cccc1OC. The molecule has 1 aromatic rings. The zero-order valence-electron chi connectivity index (χ0n) is 9.66. The van der Waals surface area contributed by atoms with Crippen LogP contribution in [0.15, 0.2) is 18.2 Å². The van der Waals surface area contributed by atoms with E-state index < -0.39 is 0 Å². The zero-order chi connectivity index (χ0) is 11.8. The lowest BCUT2D eigenvalue weighted by Crippen LogP contribution is -2.08. The van der Waals surface area contributed by atoms with Crippen LogP contribution in [0.2, 0.25) is 0 Å². The first-order valence-corrected chi connectivity index (χ1v) is 5.79. The van der Waals surface area contributed by atoms with E-state index >= 15 is 0 Å². The summed E-state index contributed by atoms with van der Waals surface area (Å²) >= 11 is 5.83. The van der Waals surface area contributed by atoms with E-state index in [-0.39, 0.29) is 0 Å². The Morgan fingerprint density at radius 1 is 1.25 bits per heavy atom. The summed E-state index contributed by atoms with van der Waals surface area (Å²) in [6, 6.07) is 5.67. The van der Waals surface area contributed by atoms with Crippen molar-refractivity contribution in [1.29, 1.82) is 0 Å². The number of rotatable bonds is 7. The zero-order valence-corrected chi connectivity index (χ0v) is 10.4. The third-order valence-electron chi connectivity index (χ3n) is 2.10. The van der Waals surface area contributed by atoms with E-state index in [2.05, 4.69) is 0 Å². The average Bonchev–Trinajstić information content (AvgIpc) is 2.34. The maximum atomic E-state index is 5.83. The monoisotopic (exact) mass is 244 g/mol. The molecule has 0 spiro atoms. The highest BCUT2D eigenvalue weighted by atomic mass is 35.5. The second kappa shape index (κ2) is 7.36. The van der Waals surface area contributed by atoms with Gasteiger partial charge in [0.1, 0.15) is 6.61 Å². The molecule has 0 aliphatic rings. The second-order valence-corrected chi connectivity index (χ2v) is 3.39. The maximum absolute atomic E-state index is 5.83. The maximum Gasteiger partial charge on any atom is 0.165 e. The molecule has 1 aromatic carbocycles. The van der Waals surface area contributed by atoms with Crippen molar-refractivity contribution in [3.63, 3.8) is 0 Å². The van der Waals surface area contributed by atoms with Gasteiger partial charge >= 0.3 is 0 Å². The Morgan fingerprint density at radius 2 is 2.06 bits per heavy atom. The molecule has 0 bridgehead atoms. The van der Waals surface area contributed by atoms with Crippen LogP contribution in [0.3, 0.4) is 0 Å². The van der Waals surface area contributed by atoms with Gasteiger partial charge < -0.3 is 14.2 Å². The first kappa shape index (κ1) is 13.1. The van der Waals surface area contributed by atoms with Gasteiger partial charge in [0.05, 0.1) is 19.6 Å². The smallest absolute Gasteiger partial charge is 0.165 e. The standard InChI is InChI=1S/C12H17ClO3/c1-3-15-7-8-16-12-10(9-13)5-4-6-11(12)14-2/h4-6H,3,7-9H2,1-2H3. The number of benzene rings is 1. The molecule has 16 heavy (non-hydrogen) atoms. The molecule has 0 atom stereocenters. The lowest BCUT2D eigenvalue weighted by Gasteiger charge is -2.13. The molecule has 1 rings (SSSR count). The van der Waals surface area contributed by atoms with E-state index in [1.807, 2.05) is 25.1 Å². The van der Waals surface area contributed by atoms with Gasteiger partial charge in [-0.1, -0.05) is 12.1 Å². The van der Waals surface area contributed by atoms with Crippen LogP contribution in [0.4, 0.5) is 0 Å². The molecule has 0 N–H and O–H groups in total. The minimum absolute atomic E-state index is 0.404. The van der Waals surface area contributed by atoms with Crippen LogP contribution in [-0.2, 0) is 10.6 Å². The fraction of sp³-hybridized carbons (Fsp3) is 0.500. The van der Waals surface area contributed by atoms with Crippen LogP contribution in [-0.4, -0.2) is 26.9 Å². The van der Waals surface area contributed by atoms with Gasteiger partial charge in [0, 0.05) is 12.2 Å². The summed E-state index contributed by atoms with van der Waals surface area (Å²) in [5, 5.41) is 0. The van der Waals surface area contributed by atoms with Crippen molar-refractivity contribution >= 4 is 11.6 Å². The van der Waals surface area contributed by atoms with E-state index in [4.69, 9.17) is 25.8 Å².